The fraction of sp³-hybridized carbons (Fsp3) is 0.333. The molecule has 2 rings (SSSR count). The smallest absolute Gasteiger partial charge is 0.133 e. The van der Waals surface area contributed by atoms with Crippen LogP contribution in [-0.2, 0) is 4.74 Å². The van der Waals surface area contributed by atoms with Crippen LogP contribution in [0.4, 0.5) is 0 Å². The van der Waals surface area contributed by atoms with Crippen molar-refractivity contribution in [3.63, 3.8) is 0 Å². The number of benzene rings is 1. The molecule has 1 unspecified atom stereocenters. The van der Waals surface area contributed by atoms with E-state index in [0.717, 1.165) is 16.8 Å². The monoisotopic (exact) mass is 262 g/mol. The molecule has 0 radical (unpaired) electrons. The van der Waals surface area contributed by atoms with Gasteiger partial charge in [0.2, 0.25) is 0 Å². The summed E-state index contributed by atoms with van der Waals surface area (Å²) in [4.78, 5) is 0. The van der Waals surface area contributed by atoms with Gasteiger partial charge in [0.15, 0.2) is 0 Å². The molecule has 70 valence electrons. The second kappa shape index (κ2) is 3.86. The van der Waals surface area contributed by atoms with Gasteiger partial charge in [-0.1, -0.05) is 11.6 Å². The van der Waals surface area contributed by atoms with Crippen molar-refractivity contribution in [1.29, 1.82) is 0 Å². The lowest BCUT2D eigenvalue weighted by Gasteiger charge is -2.06. The van der Waals surface area contributed by atoms with E-state index in [9.17, 15) is 0 Å². The summed E-state index contributed by atoms with van der Waals surface area (Å²) in [5.74, 6) is 0.805. The van der Waals surface area contributed by atoms with E-state index in [-0.39, 0.29) is 6.10 Å². The van der Waals surface area contributed by atoms with E-state index in [1.54, 1.807) is 6.07 Å². The van der Waals surface area contributed by atoms with E-state index in [2.05, 4.69) is 15.9 Å². The Kier molecular flexibility index (Phi) is 2.77. The van der Waals surface area contributed by atoms with Crippen LogP contribution in [0.15, 0.2) is 22.7 Å². The van der Waals surface area contributed by atoms with Crippen LogP contribution in [0, 0.1) is 0 Å². The molecular formula is C9H8BrClO2. The largest absolute Gasteiger partial charge is 0.490 e. The topological polar surface area (TPSA) is 21.8 Å². The van der Waals surface area contributed by atoms with E-state index in [1.807, 2.05) is 12.1 Å². The van der Waals surface area contributed by atoms with E-state index in [4.69, 9.17) is 21.1 Å². The van der Waals surface area contributed by atoms with Gasteiger partial charge in [-0.2, -0.15) is 0 Å². The van der Waals surface area contributed by atoms with Gasteiger partial charge in [0.25, 0.3) is 0 Å². The van der Waals surface area contributed by atoms with E-state index in [1.165, 1.54) is 0 Å². The molecule has 0 bridgehead atoms. The van der Waals surface area contributed by atoms with Crippen LogP contribution < -0.4 is 4.74 Å². The Balaban J connectivity index is 2.01. The third kappa shape index (κ3) is 2.59. The molecule has 1 aliphatic rings. The highest BCUT2D eigenvalue weighted by Crippen LogP contribution is 2.28. The SMILES string of the molecule is Clc1ccc(OCC2CO2)c(Br)c1. The molecule has 13 heavy (non-hydrogen) atoms. The number of ether oxygens (including phenoxy) is 2. The van der Waals surface area contributed by atoms with Gasteiger partial charge in [-0.3, -0.25) is 0 Å². The molecule has 1 heterocycles. The molecule has 1 aliphatic heterocycles. The summed E-state index contributed by atoms with van der Waals surface area (Å²) in [5, 5.41) is 0.696. The molecule has 1 atom stereocenters. The van der Waals surface area contributed by atoms with Crippen molar-refractivity contribution >= 4 is 27.5 Å². The Bertz CT molecular complexity index is 312. The summed E-state index contributed by atoms with van der Waals surface area (Å²) in [6.07, 6.45) is 0.280. The summed E-state index contributed by atoms with van der Waals surface area (Å²) in [5.41, 5.74) is 0. The molecule has 0 aliphatic carbocycles. The van der Waals surface area contributed by atoms with Gasteiger partial charge in [0, 0.05) is 5.02 Å². The van der Waals surface area contributed by atoms with Crippen molar-refractivity contribution in [2.45, 2.75) is 6.10 Å². The molecule has 4 heteroatoms. The Morgan fingerprint density at radius 3 is 3.00 bits per heavy atom. The molecular weight excluding hydrogens is 255 g/mol. The first-order chi connectivity index (χ1) is 6.25. The van der Waals surface area contributed by atoms with Crippen LogP contribution in [0.5, 0.6) is 5.75 Å². The minimum absolute atomic E-state index is 0.280. The van der Waals surface area contributed by atoms with Crippen LogP contribution in [0.1, 0.15) is 0 Å². The van der Waals surface area contributed by atoms with Crippen molar-refractivity contribution in [1.82, 2.24) is 0 Å². The highest BCUT2D eigenvalue weighted by atomic mass is 79.9. The summed E-state index contributed by atoms with van der Waals surface area (Å²) < 4.78 is 11.4. The lowest BCUT2D eigenvalue weighted by Crippen LogP contribution is -2.04. The van der Waals surface area contributed by atoms with Gasteiger partial charge >= 0.3 is 0 Å². The molecule has 1 fully saturated rings. The van der Waals surface area contributed by atoms with Gasteiger partial charge in [-0.25, -0.2) is 0 Å². The van der Waals surface area contributed by atoms with Gasteiger partial charge < -0.3 is 9.47 Å². The maximum absolute atomic E-state index is 5.78. The molecule has 0 N–H and O–H groups in total. The molecule has 0 amide bonds. The normalized spacial score (nSPS) is 20.0. The number of rotatable bonds is 3. The fourth-order valence-corrected chi connectivity index (χ4v) is 1.74. The second-order valence-electron chi connectivity index (χ2n) is 2.84. The zero-order valence-electron chi connectivity index (χ0n) is 6.80. The first kappa shape index (κ1) is 9.31. The predicted octanol–water partition coefficient (Wildman–Crippen LogP) is 2.88. The maximum atomic E-state index is 5.78. The molecule has 1 aromatic rings. The minimum atomic E-state index is 0.280. The summed E-state index contributed by atoms with van der Waals surface area (Å²) in [6.45, 7) is 1.42. The number of epoxide rings is 1. The highest BCUT2D eigenvalue weighted by molar-refractivity contribution is 9.10. The van der Waals surface area contributed by atoms with Crippen molar-refractivity contribution < 1.29 is 9.47 Å². The molecule has 0 aromatic heterocycles. The standard InChI is InChI=1S/C9H8BrClO2/c10-8-3-6(11)1-2-9(8)13-5-7-4-12-7/h1-3,7H,4-5H2. The summed E-state index contributed by atoms with van der Waals surface area (Å²) in [7, 11) is 0. The maximum Gasteiger partial charge on any atom is 0.133 e. The van der Waals surface area contributed by atoms with Crippen LogP contribution in [0.25, 0.3) is 0 Å². The van der Waals surface area contributed by atoms with Gasteiger partial charge in [0.1, 0.15) is 18.5 Å². The zero-order valence-corrected chi connectivity index (χ0v) is 9.14. The lowest BCUT2D eigenvalue weighted by atomic mass is 10.3. The first-order valence-electron chi connectivity index (χ1n) is 3.95. The molecule has 0 saturated carbocycles. The Morgan fingerprint density at radius 2 is 2.38 bits per heavy atom. The molecule has 1 saturated heterocycles. The van der Waals surface area contributed by atoms with Crippen molar-refractivity contribution in [3.8, 4) is 5.75 Å². The Morgan fingerprint density at radius 1 is 1.62 bits per heavy atom. The van der Waals surface area contributed by atoms with Gasteiger partial charge in [-0.05, 0) is 34.1 Å². The van der Waals surface area contributed by atoms with E-state index >= 15 is 0 Å². The number of hydrogen-bond acceptors (Lipinski definition) is 2. The highest BCUT2D eigenvalue weighted by Gasteiger charge is 2.23. The molecule has 0 spiro atoms. The lowest BCUT2D eigenvalue weighted by molar-refractivity contribution is 0.262. The average Bonchev–Trinajstić information content (AvgIpc) is 2.86. The van der Waals surface area contributed by atoms with Crippen molar-refractivity contribution in [2.24, 2.45) is 0 Å². The third-order valence-corrected chi connectivity index (χ3v) is 2.58. The Labute approximate surface area is 89.9 Å². The van der Waals surface area contributed by atoms with Crippen LogP contribution in [0.3, 0.4) is 0 Å². The minimum Gasteiger partial charge on any atom is -0.490 e. The Hall–Kier alpha value is -0.250. The number of hydrogen-bond donors (Lipinski definition) is 0. The van der Waals surface area contributed by atoms with Crippen molar-refractivity contribution in [3.05, 3.63) is 27.7 Å². The van der Waals surface area contributed by atoms with Gasteiger partial charge in [-0.15, -0.1) is 0 Å². The van der Waals surface area contributed by atoms with E-state index < -0.39 is 0 Å². The molecule has 2 nitrogen and oxygen atoms in total. The predicted molar refractivity (Wildman–Crippen MR) is 54.4 cm³/mol. The van der Waals surface area contributed by atoms with Crippen LogP contribution in [0.2, 0.25) is 5.02 Å². The quantitative estimate of drug-likeness (QED) is 0.782. The molecule has 1 aromatic carbocycles. The van der Waals surface area contributed by atoms with Crippen LogP contribution in [-0.4, -0.2) is 19.3 Å². The van der Waals surface area contributed by atoms with Gasteiger partial charge in [0.05, 0.1) is 11.1 Å². The third-order valence-electron chi connectivity index (χ3n) is 1.72. The fourth-order valence-electron chi connectivity index (χ4n) is 0.939. The van der Waals surface area contributed by atoms with Crippen molar-refractivity contribution in [2.75, 3.05) is 13.2 Å². The number of halogens is 2. The average molecular weight is 264 g/mol. The van der Waals surface area contributed by atoms with E-state index in [0.29, 0.717) is 11.6 Å². The zero-order chi connectivity index (χ0) is 9.26. The van der Waals surface area contributed by atoms with Crippen LogP contribution >= 0.6 is 27.5 Å². The summed E-state index contributed by atoms with van der Waals surface area (Å²) >= 11 is 9.15. The first-order valence-corrected chi connectivity index (χ1v) is 5.12. The second-order valence-corrected chi connectivity index (χ2v) is 4.13. The summed E-state index contributed by atoms with van der Waals surface area (Å²) in [6, 6.07) is 5.45.